The minimum Gasteiger partial charge on any atom is -0.380 e. The summed E-state index contributed by atoms with van der Waals surface area (Å²) in [5.41, 5.74) is 0.0731. The maximum absolute atomic E-state index is 11.6. The smallest absolute Gasteiger partial charge is 0.211 e. The molecule has 2 rings (SSSR count). The minimum atomic E-state index is -3.07. The largest absolute Gasteiger partial charge is 0.380 e. The van der Waals surface area contributed by atoms with E-state index in [1.807, 2.05) is 0 Å². The lowest BCUT2D eigenvalue weighted by molar-refractivity contribution is 0.0566. The topological polar surface area (TPSA) is 46.6 Å². The minimum absolute atomic E-state index is 0.00389. The number of fused-ring (bicyclic) bond motifs is 1. The third-order valence-corrected chi connectivity index (χ3v) is 5.52. The summed E-state index contributed by atoms with van der Waals surface area (Å²) in [5, 5.41) is 0. The lowest BCUT2D eigenvalue weighted by Crippen LogP contribution is -2.43. The highest BCUT2D eigenvalue weighted by Crippen LogP contribution is 2.53. The second-order valence-corrected chi connectivity index (χ2v) is 8.16. The molecule has 94 valence electrons. The monoisotopic (exact) mass is 247 g/mol. The number of ether oxygens (including phenoxy) is 1. The number of nitrogens with zero attached hydrogens (tertiary/aromatic N) is 1. The van der Waals surface area contributed by atoms with E-state index >= 15 is 0 Å². The molecule has 4 nitrogen and oxygen atoms in total. The van der Waals surface area contributed by atoms with Gasteiger partial charge in [-0.25, -0.2) is 12.7 Å². The Labute approximate surface area is 98.0 Å². The van der Waals surface area contributed by atoms with Crippen molar-refractivity contribution in [2.45, 2.75) is 20.8 Å². The van der Waals surface area contributed by atoms with Crippen LogP contribution in [0, 0.1) is 16.7 Å². The highest BCUT2D eigenvalue weighted by atomic mass is 32.2. The van der Waals surface area contributed by atoms with Crippen LogP contribution in [-0.4, -0.2) is 45.3 Å². The maximum atomic E-state index is 11.6. The first-order chi connectivity index (χ1) is 7.17. The summed E-state index contributed by atoms with van der Waals surface area (Å²) in [5.74, 6) is 0.349. The normalized spacial score (nSPS) is 36.6. The molecule has 0 N–H and O–H groups in total. The predicted molar refractivity (Wildman–Crippen MR) is 62.6 cm³/mol. The van der Waals surface area contributed by atoms with Crippen molar-refractivity contribution in [2.24, 2.45) is 16.7 Å². The number of rotatable bonds is 1. The summed E-state index contributed by atoms with van der Waals surface area (Å²) in [6.07, 6.45) is 1.30. The zero-order chi connectivity index (χ0) is 12.2. The molecule has 16 heavy (non-hydrogen) atoms. The van der Waals surface area contributed by atoms with Crippen molar-refractivity contribution in [2.75, 3.05) is 32.6 Å². The molecule has 0 aromatic carbocycles. The van der Waals surface area contributed by atoms with E-state index in [0.29, 0.717) is 32.2 Å². The first-order valence-electron chi connectivity index (χ1n) is 5.70. The lowest BCUT2D eigenvalue weighted by Gasteiger charge is -2.40. The van der Waals surface area contributed by atoms with Gasteiger partial charge in [-0.05, 0) is 5.41 Å². The van der Waals surface area contributed by atoms with Crippen molar-refractivity contribution in [3.05, 3.63) is 0 Å². The van der Waals surface area contributed by atoms with E-state index in [4.69, 9.17) is 4.74 Å². The van der Waals surface area contributed by atoms with Crippen LogP contribution in [0.1, 0.15) is 20.8 Å². The second-order valence-electron chi connectivity index (χ2n) is 6.17. The van der Waals surface area contributed by atoms with Gasteiger partial charge in [0.05, 0.1) is 19.5 Å². The molecule has 0 aromatic rings. The van der Waals surface area contributed by atoms with Gasteiger partial charge < -0.3 is 4.74 Å². The Kier molecular flexibility index (Phi) is 2.64. The van der Waals surface area contributed by atoms with E-state index in [2.05, 4.69) is 20.8 Å². The Balaban J connectivity index is 2.32. The Morgan fingerprint density at radius 3 is 2.44 bits per heavy atom. The highest BCUT2D eigenvalue weighted by molar-refractivity contribution is 7.88. The SMILES string of the molecule is CC(C)(C)C12COCC1CN(S(C)(=O)=O)C2. The maximum Gasteiger partial charge on any atom is 0.211 e. The van der Waals surface area contributed by atoms with E-state index in [9.17, 15) is 8.42 Å². The van der Waals surface area contributed by atoms with Crippen LogP contribution >= 0.6 is 0 Å². The van der Waals surface area contributed by atoms with Gasteiger partial charge in [0.15, 0.2) is 0 Å². The van der Waals surface area contributed by atoms with E-state index in [-0.39, 0.29) is 10.8 Å². The summed E-state index contributed by atoms with van der Waals surface area (Å²) in [6, 6.07) is 0. The first kappa shape index (κ1) is 12.3. The Morgan fingerprint density at radius 1 is 1.38 bits per heavy atom. The van der Waals surface area contributed by atoms with Gasteiger partial charge in [-0.1, -0.05) is 20.8 Å². The molecular formula is C11H21NO3S. The molecule has 0 radical (unpaired) electrons. The summed E-state index contributed by atoms with van der Waals surface area (Å²) in [7, 11) is -3.07. The van der Waals surface area contributed by atoms with Crippen molar-refractivity contribution in [1.29, 1.82) is 0 Å². The van der Waals surface area contributed by atoms with E-state index < -0.39 is 10.0 Å². The molecule has 0 aliphatic carbocycles. The lowest BCUT2D eigenvalue weighted by atomic mass is 9.63. The zero-order valence-corrected chi connectivity index (χ0v) is 11.3. The third kappa shape index (κ3) is 1.69. The Bertz CT molecular complexity index is 385. The van der Waals surface area contributed by atoms with E-state index in [1.54, 1.807) is 4.31 Å². The van der Waals surface area contributed by atoms with Gasteiger partial charge >= 0.3 is 0 Å². The van der Waals surface area contributed by atoms with Crippen LogP contribution in [0.5, 0.6) is 0 Å². The van der Waals surface area contributed by atoms with Crippen LogP contribution in [0.25, 0.3) is 0 Å². The van der Waals surface area contributed by atoms with Crippen molar-refractivity contribution in [1.82, 2.24) is 4.31 Å². The van der Waals surface area contributed by atoms with Gasteiger partial charge in [-0.15, -0.1) is 0 Å². The highest BCUT2D eigenvalue weighted by Gasteiger charge is 2.58. The molecule has 2 atom stereocenters. The summed E-state index contributed by atoms with van der Waals surface area (Å²) >= 11 is 0. The van der Waals surface area contributed by atoms with Crippen LogP contribution in [0.2, 0.25) is 0 Å². The van der Waals surface area contributed by atoms with Crippen LogP contribution < -0.4 is 0 Å². The quantitative estimate of drug-likeness (QED) is 0.693. The molecule has 2 unspecified atom stereocenters. The molecule has 2 saturated heterocycles. The van der Waals surface area contributed by atoms with Gasteiger partial charge in [0, 0.05) is 24.4 Å². The van der Waals surface area contributed by atoms with E-state index in [0.717, 1.165) is 0 Å². The van der Waals surface area contributed by atoms with Gasteiger partial charge in [-0.2, -0.15) is 0 Å². The van der Waals surface area contributed by atoms with Crippen LogP contribution in [-0.2, 0) is 14.8 Å². The van der Waals surface area contributed by atoms with Gasteiger partial charge in [0.1, 0.15) is 0 Å². The number of sulfonamides is 1. The average molecular weight is 247 g/mol. The van der Waals surface area contributed by atoms with Gasteiger partial charge in [-0.3, -0.25) is 0 Å². The van der Waals surface area contributed by atoms with Crippen molar-refractivity contribution >= 4 is 10.0 Å². The van der Waals surface area contributed by atoms with Crippen LogP contribution in [0.3, 0.4) is 0 Å². The number of hydrogen-bond donors (Lipinski definition) is 0. The molecule has 0 spiro atoms. The molecule has 0 bridgehead atoms. The molecule has 0 saturated carbocycles. The van der Waals surface area contributed by atoms with Gasteiger partial charge in [0.2, 0.25) is 10.0 Å². The molecule has 5 heteroatoms. The number of hydrogen-bond acceptors (Lipinski definition) is 3. The molecule has 0 aromatic heterocycles. The fourth-order valence-electron chi connectivity index (χ4n) is 3.01. The molecule has 2 aliphatic rings. The standard InChI is InChI=1S/C11H21NO3S/c1-10(2,3)11-7-12(16(4,13)14)5-9(11)6-15-8-11/h9H,5-8H2,1-4H3. The molecular weight excluding hydrogens is 226 g/mol. The Hall–Kier alpha value is -0.130. The summed E-state index contributed by atoms with van der Waals surface area (Å²) < 4.78 is 30.4. The van der Waals surface area contributed by atoms with Crippen molar-refractivity contribution < 1.29 is 13.2 Å². The first-order valence-corrected chi connectivity index (χ1v) is 7.54. The van der Waals surface area contributed by atoms with Crippen LogP contribution in [0.15, 0.2) is 0 Å². The van der Waals surface area contributed by atoms with Crippen molar-refractivity contribution in [3.63, 3.8) is 0 Å². The Morgan fingerprint density at radius 2 is 2.00 bits per heavy atom. The molecule has 2 heterocycles. The summed E-state index contributed by atoms with van der Waals surface area (Å²) in [4.78, 5) is 0. The molecule has 2 fully saturated rings. The molecule has 2 aliphatic heterocycles. The zero-order valence-electron chi connectivity index (χ0n) is 10.5. The molecule has 0 amide bonds. The van der Waals surface area contributed by atoms with E-state index in [1.165, 1.54) is 6.26 Å². The summed E-state index contributed by atoms with van der Waals surface area (Å²) in [6.45, 7) is 9.16. The predicted octanol–water partition coefficient (Wildman–Crippen LogP) is 0.941. The van der Waals surface area contributed by atoms with Crippen molar-refractivity contribution in [3.8, 4) is 0 Å². The average Bonchev–Trinajstić information content (AvgIpc) is 2.53. The fraction of sp³-hybridized carbons (Fsp3) is 1.00. The van der Waals surface area contributed by atoms with Gasteiger partial charge in [0.25, 0.3) is 0 Å². The third-order valence-electron chi connectivity index (χ3n) is 4.31. The fourth-order valence-corrected chi connectivity index (χ4v) is 3.92. The van der Waals surface area contributed by atoms with Crippen LogP contribution in [0.4, 0.5) is 0 Å². The second kappa shape index (κ2) is 3.43.